The highest BCUT2D eigenvalue weighted by molar-refractivity contribution is 7.89. The topological polar surface area (TPSA) is 75.4 Å². The quantitative estimate of drug-likeness (QED) is 0.753. The van der Waals surface area contributed by atoms with E-state index < -0.39 is 10.0 Å². The van der Waals surface area contributed by atoms with E-state index in [0.717, 1.165) is 24.7 Å². The second-order valence-electron chi connectivity index (χ2n) is 5.20. The van der Waals surface area contributed by atoms with Gasteiger partial charge in [-0.25, -0.2) is 13.1 Å². The standard InChI is InChI=1S/C14H23N3O2S/c1-3-16-20(18,19)12-7-8-13(15)14(9-12)17(4-2)10-11-5-6-11/h7-9,11,16H,3-6,10,15H2,1-2H3. The van der Waals surface area contributed by atoms with Crippen molar-refractivity contribution in [1.82, 2.24) is 4.72 Å². The highest BCUT2D eigenvalue weighted by Gasteiger charge is 2.25. The summed E-state index contributed by atoms with van der Waals surface area (Å²) in [6.45, 7) is 5.98. The van der Waals surface area contributed by atoms with E-state index in [4.69, 9.17) is 5.73 Å². The number of benzene rings is 1. The van der Waals surface area contributed by atoms with Gasteiger partial charge in [0.2, 0.25) is 10.0 Å². The fraction of sp³-hybridized carbons (Fsp3) is 0.571. The van der Waals surface area contributed by atoms with Crippen molar-refractivity contribution in [3.05, 3.63) is 18.2 Å². The molecule has 0 aromatic heterocycles. The first-order valence-corrected chi connectivity index (χ1v) is 8.60. The van der Waals surface area contributed by atoms with Gasteiger partial charge in [-0.3, -0.25) is 0 Å². The van der Waals surface area contributed by atoms with Crippen molar-refractivity contribution < 1.29 is 8.42 Å². The zero-order chi connectivity index (χ0) is 14.8. The molecular weight excluding hydrogens is 274 g/mol. The third-order valence-electron chi connectivity index (χ3n) is 3.54. The molecule has 0 atom stereocenters. The minimum Gasteiger partial charge on any atom is -0.397 e. The number of hydrogen-bond acceptors (Lipinski definition) is 4. The fourth-order valence-corrected chi connectivity index (χ4v) is 3.31. The first-order valence-electron chi connectivity index (χ1n) is 7.12. The van der Waals surface area contributed by atoms with Crippen molar-refractivity contribution in [3.8, 4) is 0 Å². The Bertz CT molecular complexity index is 568. The summed E-state index contributed by atoms with van der Waals surface area (Å²) in [6.07, 6.45) is 2.51. The summed E-state index contributed by atoms with van der Waals surface area (Å²) in [5.74, 6) is 0.725. The number of anilines is 2. The third kappa shape index (κ3) is 3.43. The van der Waals surface area contributed by atoms with Crippen LogP contribution >= 0.6 is 0 Å². The highest BCUT2D eigenvalue weighted by atomic mass is 32.2. The van der Waals surface area contributed by atoms with Crippen molar-refractivity contribution in [2.45, 2.75) is 31.6 Å². The van der Waals surface area contributed by atoms with Gasteiger partial charge in [0.15, 0.2) is 0 Å². The zero-order valence-corrected chi connectivity index (χ0v) is 12.9. The SMILES string of the molecule is CCNS(=O)(=O)c1ccc(N)c(N(CC)CC2CC2)c1. The predicted octanol–water partition coefficient (Wildman–Crippen LogP) is 1.80. The first-order chi connectivity index (χ1) is 9.47. The largest absolute Gasteiger partial charge is 0.397 e. The molecule has 0 radical (unpaired) electrons. The monoisotopic (exact) mass is 297 g/mol. The van der Waals surface area contributed by atoms with Crippen LogP contribution in [-0.2, 0) is 10.0 Å². The van der Waals surface area contributed by atoms with E-state index in [9.17, 15) is 8.42 Å². The van der Waals surface area contributed by atoms with Crippen LogP contribution in [0, 0.1) is 5.92 Å². The van der Waals surface area contributed by atoms with Crippen LogP contribution in [0.2, 0.25) is 0 Å². The molecule has 1 aromatic carbocycles. The Balaban J connectivity index is 2.32. The van der Waals surface area contributed by atoms with Crippen LogP contribution in [0.1, 0.15) is 26.7 Å². The van der Waals surface area contributed by atoms with Gasteiger partial charge in [-0.15, -0.1) is 0 Å². The molecule has 6 heteroatoms. The van der Waals surface area contributed by atoms with Crippen LogP contribution in [0.15, 0.2) is 23.1 Å². The van der Waals surface area contributed by atoms with E-state index in [2.05, 4.69) is 16.5 Å². The molecule has 1 saturated carbocycles. The summed E-state index contributed by atoms with van der Waals surface area (Å²) in [4.78, 5) is 2.44. The van der Waals surface area contributed by atoms with Crippen molar-refractivity contribution in [1.29, 1.82) is 0 Å². The molecule has 1 aliphatic rings. The average Bonchev–Trinajstić information content (AvgIpc) is 3.20. The Morgan fingerprint density at radius 3 is 2.60 bits per heavy atom. The number of sulfonamides is 1. The van der Waals surface area contributed by atoms with Gasteiger partial charge in [-0.1, -0.05) is 6.92 Å². The Labute approximate surface area is 121 Å². The molecule has 2 rings (SSSR count). The molecule has 0 amide bonds. The molecule has 0 bridgehead atoms. The Hall–Kier alpha value is -1.27. The van der Waals surface area contributed by atoms with Crippen LogP contribution in [-0.4, -0.2) is 28.1 Å². The van der Waals surface area contributed by atoms with Gasteiger partial charge < -0.3 is 10.6 Å². The van der Waals surface area contributed by atoms with Gasteiger partial charge in [0.05, 0.1) is 16.3 Å². The smallest absolute Gasteiger partial charge is 0.240 e. The molecule has 20 heavy (non-hydrogen) atoms. The number of nitrogen functional groups attached to an aromatic ring is 1. The molecular formula is C14H23N3O2S. The van der Waals surface area contributed by atoms with E-state index in [1.807, 2.05) is 0 Å². The number of nitrogens with zero attached hydrogens (tertiary/aromatic N) is 1. The molecule has 0 saturated heterocycles. The lowest BCUT2D eigenvalue weighted by molar-refractivity contribution is 0.584. The second-order valence-corrected chi connectivity index (χ2v) is 6.97. The summed E-state index contributed by atoms with van der Waals surface area (Å²) >= 11 is 0. The normalized spacial score (nSPS) is 15.3. The summed E-state index contributed by atoms with van der Waals surface area (Å²) in [7, 11) is -3.44. The molecule has 0 spiro atoms. The van der Waals surface area contributed by atoms with Crippen LogP contribution in [0.4, 0.5) is 11.4 Å². The van der Waals surface area contributed by atoms with Gasteiger partial charge in [-0.05, 0) is 43.9 Å². The van der Waals surface area contributed by atoms with Crippen LogP contribution < -0.4 is 15.4 Å². The first kappa shape index (κ1) is 15.1. The molecule has 0 unspecified atom stereocenters. The average molecular weight is 297 g/mol. The molecule has 3 N–H and O–H groups in total. The van der Waals surface area contributed by atoms with E-state index in [1.165, 1.54) is 12.8 Å². The minimum atomic E-state index is -3.44. The van der Waals surface area contributed by atoms with E-state index in [-0.39, 0.29) is 4.90 Å². The number of rotatable bonds is 7. The lowest BCUT2D eigenvalue weighted by Gasteiger charge is -2.25. The molecule has 5 nitrogen and oxygen atoms in total. The van der Waals surface area contributed by atoms with Gasteiger partial charge >= 0.3 is 0 Å². The molecule has 1 aromatic rings. The Morgan fingerprint density at radius 1 is 1.35 bits per heavy atom. The lowest BCUT2D eigenvalue weighted by atomic mass is 10.2. The van der Waals surface area contributed by atoms with Gasteiger partial charge in [0.1, 0.15) is 0 Å². The minimum absolute atomic E-state index is 0.276. The summed E-state index contributed by atoms with van der Waals surface area (Å²) in [5, 5.41) is 0. The molecule has 112 valence electrons. The molecule has 1 fully saturated rings. The Morgan fingerprint density at radius 2 is 2.05 bits per heavy atom. The fourth-order valence-electron chi connectivity index (χ4n) is 2.25. The van der Waals surface area contributed by atoms with Crippen molar-refractivity contribution in [2.75, 3.05) is 30.3 Å². The second kappa shape index (κ2) is 6.01. The van der Waals surface area contributed by atoms with Crippen LogP contribution in [0.25, 0.3) is 0 Å². The molecule has 0 aliphatic heterocycles. The highest BCUT2D eigenvalue weighted by Crippen LogP contribution is 2.34. The summed E-state index contributed by atoms with van der Waals surface area (Å²) in [6, 6.07) is 4.91. The summed E-state index contributed by atoms with van der Waals surface area (Å²) in [5.41, 5.74) is 7.47. The maximum atomic E-state index is 12.1. The maximum absolute atomic E-state index is 12.1. The van der Waals surface area contributed by atoms with Gasteiger partial charge in [-0.2, -0.15) is 0 Å². The van der Waals surface area contributed by atoms with Crippen molar-refractivity contribution in [2.24, 2.45) is 5.92 Å². The lowest BCUT2D eigenvalue weighted by Crippen LogP contribution is -2.27. The van der Waals surface area contributed by atoms with E-state index in [0.29, 0.717) is 12.2 Å². The van der Waals surface area contributed by atoms with Crippen LogP contribution in [0.3, 0.4) is 0 Å². The van der Waals surface area contributed by atoms with Crippen LogP contribution in [0.5, 0.6) is 0 Å². The molecule has 1 aliphatic carbocycles. The third-order valence-corrected chi connectivity index (χ3v) is 5.09. The molecule has 0 heterocycles. The van der Waals surface area contributed by atoms with Crippen molar-refractivity contribution in [3.63, 3.8) is 0 Å². The number of nitrogens with one attached hydrogen (secondary N) is 1. The maximum Gasteiger partial charge on any atom is 0.240 e. The zero-order valence-electron chi connectivity index (χ0n) is 12.1. The summed E-state index contributed by atoms with van der Waals surface area (Å²) < 4.78 is 26.6. The number of hydrogen-bond donors (Lipinski definition) is 2. The van der Waals surface area contributed by atoms with E-state index in [1.54, 1.807) is 25.1 Å². The van der Waals surface area contributed by atoms with Gasteiger partial charge in [0, 0.05) is 19.6 Å². The predicted molar refractivity (Wildman–Crippen MR) is 82.3 cm³/mol. The Kier molecular flexibility index (Phi) is 4.55. The van der Waals surface area contributed by atoms with E-state index >= 15 is 0 Å². The van der Waals surface area contributed by atoms with Crippen molar-refractivity contribution >= 4 is 21.4 Å². The number of nitrogens with two attached hydrogens (primary N) is 1. The van der Waals surface area contributed by atoms with Gasteiger partial charge in [0.25, 0.3) is 0 Å².